The monoisotopic (exact) mass is 380 g/mol. The third-order valence-electron chi connectivity index (χ3n) is 4.66. The number of unbranched alkanes of at least 4 members (excludes halogenated alkanes) is 9. The van der Waals surface area contributed by atoms with E-state index in [-0.39, 0.29) is 11.6 Å². The molecule has 0 aliphatic carbocycles. The summed E-state index contributed by atoms with van der Waals surface area (Å²) in [6.45, 7) is 5.49. The fourth-order valence-corrected chi connectivity index (χ4v) is 3.27. The molecule has 0 N–H and O–H groups in total. The zero-order chi connectivity index (χ0) is 19.2. The van der Waals surface area contributed by atoms with E-state index in [0.29, 0.717) is 10.9 Å². The quantitative estimate of drug-likeness (QED) is 0.281. The maximum atomic E-state index is 11.9. The van der Waals surface area contributed by atoms with Crippen LogP contribution in [0.5, 0.6) is 0 Å². The van der Waals surface area contributed by atoms with Crippen LogP contribution >= 0.6 is 11.6 Å². The van der Waals surface area contributed by atoms with Gasteiger partial charge in [-0.2, -0.15) is 5.10 Å². The second kappa shape index (κ2) is 13.7. The molecule has 0 saturated carbocycles. The first-order valence-corrected chi connectivity index (χ1v) is 10.3. The van der Waals surface area contributed by atoms with Gasteiger partial charge in [0.2, 0.25) is 0 Å². The highest BCUT2D eigenvalue weighted by Crippen LogP contribution is 2.17. The van der Waals surface area contributed by atoms with Crippen LogP contribution < -0.4 is 5.56 Å². The Morgan fingerprint density at radius 1 is 1.08 bits per heavy atom. The minimum absolute atomic E-state index is 0.0868. The molecule has 1 rings (SSSR count). The fraction of sp³-hybridized carbons (Fsp3) is 0.667. The molecule has 1 heterocycles. The average Bonchev–Trinajstić information content (AvgIpc) is 2.61. The molecule has 1 unspecified atom stereocenters. The number of nitrogens with zero attached hydrogens (tertiary/aromatic N) is 2. The van der Waals surface area contributed by atoms with Crippen molar-refractivity contribution in [2.75, 3.05) is 0 Å². The summed E-state index contributed by atoms with van der Waals surface area (Å²) in [4.78, 5) is 22.7. The Kier molecular flexibility index (Phi) is 12.0. The third kappa shape index (κ3) is 9.91. The number of carbonyl (C=O) groups excluding carboxylic acids is 1. The zero-order valence-corrected chi connectivity index (χ0v) is 16.8. The number of carbonyl (C=O) groups is 1. The lowest BCUT2D eigenvalue weighted by Gasteiger charge is -2.14. The number of ketones is 1. The number of halogens is 1. The van der Waals surface area contributed by atoms with E-state index in [4.69, 9.17) is 11.6 Å². The molecule has 1 aromatic rings. The molecule has 26 heavy (non-hydrogen) atoms. The molecule has 1 atom stereocenters. The normalized spacial score (nSPS) is 12.1. The van der Waals surface area contributed by atoms with Crippen molar-refractivity contribution in [2.24, 2.45) is 0 Å². The Hall–Kier alpha value is -1.42. The largest absolute Gasteiger partial charge is 0.300 e. The smallest absolute Gasteiger partial charge is 0.267 e. The standard InChI is InChI=1S/C21H33ClN2O2/c1-3-19(24-21(26)17-16-20(22)23-24)15-13-11-9-7-5-4-6-8-10-12-14-18(2)25/h3,16-17,19H,1,4-15H2,2H3. The predicted octanol–water partition coefficient (Wildman–Crippen LogP) is 5.89. The Morgan fingerprint density at radius 3 is 2.15 bits per heavy atom. The third-order valence-corrected chi connectivity index (χ3v) is 4.86. The molecule has 0 amide bonds. The lowest BCUT2D eigenvalue weighted by Crippen LogP contribution is -2.25. The molecule has 0 saturated heterocycles. The van der Waals surface area contributed by atoms with Crippen molar-refractivity contribution >= 4 is 17.4 Å². The van der Waals surface area contributed by atoms with Crippen LogP contribution in [0.4, 0.5) is 0 Å². The number of aromatic nitrogens is 2. The van der Waals surface area contributed by atoms with Crippen molar-refractivity contribution in [3.8, 4) is 0 Å². The molecule has 0 radical (unpaired) electrons. The van der Waals surface area contributed by atoms with E-state index in [1.54, 1.807) is 13.0 Å². The maximum absolute atomic E-state index is 11.9. The second-order valence-electron chi connectivity index (χ2n) is 7.02. The van der Waals surface area contributed by atoms with Crippen molar-refractivity contribution in [3.63, 3.8) is 0 Å². The highest BCUT2D eigenvalue weighted by molar-refractivity contribution is 6.29. The van der Waals surface area contributed by atoms with Gasteiger partial charge in [-0.25, -0.2) is 4.68 Å². The van der Waals surface area contributed by atoms with Crippen LogP contribution in [0.1, 0.15) is 90.0 Å². The van der Waals surface area contributed by atoms with E-state index in [0.717, 1.165) is 32.1 Å². The van der Waals surface area contributed by atoms with Gasteiger partial charge in [0, 0.05) is 12.5 Å². The van der Waals surface area contributed by atoms with E-state index in [2.05, 4.69) is 11.7 Å². The van der Waals surface area contributed by atoms with Gasteiger partial charge in [-0.05, 0) is 25.8 Å². The summed E-state index contributed by atoms with van der Waals surface area (Å²) in [5, 5.41) is 4.43. The van der Waals surface area contributed by atoms with Crippen LogP contribution in [0, 0.1) is 0 Å². The molecule has 0 fully saturated rings. The van der Waals surface area contributed by atoms with Gasteiger partial charge in [0.1, 0.15) is 10.9 Å². The van der Waals surface area contributed by atoms with Gasteiger partial charge in [-0.1, -0.05) is 75.5 Å². The molecule has 0 aliphatic heterocycles. The minimum Gasteiger partial charge on any atom is -0.300 e. The molecule has 0 aromatic carbocycles. The van der Waals surface area contributed by atoms with Crippen molar-refractivity contribution in [1.29, 1.82) is 0 Å². The van der Waals surface area contributed by atoms with Crippen molar-refractivity contribution in [3.05, 3.63) is 40.3 Å². The van der Waals surface area contributed by atoms with Gasteiger partial charge in [0.25, 0.3) is 5.56 Å². The Labute approximate surface area is 162 Å². The molecule has 146 valence electrons. The van der Waals surface area contributed by atoms with Crippen LogP contribution in [0.15, 0.2) is 29.6 Å². The molecule has 0 aliphatic rings. The van der Waals surface area contributed by atoms with Crippen molar-refractivity contribution < 1.29 is 4.79 Å². The molecular weight excluding hydrogens is 348 g/mol. The first-order chi connectivity index (χ1) is 12.5. The lowest BCUT2D eigenvalue weighted by molar-refractivity contribution is -0.117. The number of hydrogen-bond acceptors (Lipinski definition) is 3. The Morgan fingerprint density at radius 2 is 1.62 bits per heavy atom. The summed E-state index contributed by atoms with van der Waals surface area (Å²) in [5.74, 6) is 0.305. The zero-order valence-electron chi connectivity index (χ0n) is 16.1. The Balaban J connectivity index is 2.06. The molecule has 1 aromatic heterocycles. The number of hydrogen-bond donors (Lipinski definition) is 0. The molecule has 4 nitrogen and oxygen atoms in total. The second-order valence-corrected chi connectivity index (χ2v) is 7.41. The number of rotatable bonds is 15. The van der Waals surface area contributed by atoms with Crippen molar-refractivity contribution in [1.82, 2.24) is 9.78 Å². The van der Waals surface area contributed by atoms with E-state index >= 15 is 0 Å². The summed E-state index contributed by atoms with van der Waals surface area (Å²) in [6.07, 6.45) is 15.4. The van der Waals surface area contributed by atoms with Crippen LogP contribution in [0.2, 0.25) is 5.15 Å². The van der Waals surface area contributed by atoms with Crippen LogP contribution in [-0.4, -0.2) is 15.6 Å². The van der Waals surface area contributed by atoms with Crippen LogP contribution in [0.3, 0.4) is 0 Å². The average molecular weight is 381 g/mol. The van der Waals surface area contributed by atoms with Gasteiger partial charge in [-0.15, -0.1) is 6.58 Å². The lowest BCUT2D eigenvalue weighted by atomic mass is 10.0. The topological polar surface area (TPSA) is 52.0 Å². The molecule has 0 spiro atoms. The molecule has 5 heteroatoms. The first-order valence-electron chi connectivity index (χ1n) is 9.92. The number of allylic oxidation sites excluding steroid dienone is 1. The minimum atomic E-state index is -0.136. The highest BCUT2D eigenvalue weighted by atomic mass is 35.5. The summed E-state index contributed by atoms with van der Waals surface area (Å²) in [6, 6.07) is 2.88. The van der Waals surface area contributed by atoms with Gasteiger partial charge in [0.05, 0.1) is 6.04 Å². The van der Waals surface area contributed by atoms with Crippen LogP contribution in [-0.2, 0) is 4.79 Å². The summed E-state index contributed by atoms with van der Waals surface area (Å²) in [7, 11) is 0. The van der Waals surface area contributed by atoms with Gasteiger partial charge in [0.15, 0.2) is 0 Å². The summed E-state index contributed by atoms with van der Waals surface area (Å²) in [5.41, 5.74) is -0.136. The van der Waals surface area contributed by atoms with E-state index in [1.807, 2.05) is 0 Å². The number of Topliss-reactive ketones (excluding diaryl/α,β-unsaturated/α-hetero) is 1. The van der Waals surface area contributed by atoms with E-state index in [9.17, 15) is 9.59 Å². The van der Waals surface area contributed by atoms with Gasteiger partial charge < -0.3 is 4.79 Å². The first kappa shape index (κ1) is 22.6. The van der Waals surface area contributed by atoms with E-state index < -0.39 is 0 Å². The van der Waals surface area contributed by atoms with E-state index in [1.165, 1.54) is 61.8 Å². The SMILES string of the molecule is C=CC(CCCCCCCCCCCCC(C)=O)n1nc(Cl)ccc1=O. The molecular formula is C21H33ClN2O2. The summed E-state index contributed by atoms with van der Waals surface area (Å²) >= 11 is 5.88. The molecule has 0 bridgehead atoms. The predicted molar refractivity (Wildman–Crippen MR) is 109 cm³/mol. The van der Waals surface area contributed by atoms with Crippen molar-refractivity contribution in [2.45, 2.75) is 90.0 Å². The highest BCUT2D eigenvalue weighted by Gasteiger charge is 2.10. The van der Waals surface area contributed by atoms with Crippen LogP contribution in [0.25, 0.3) is 0 Å². The van der Waals surface area contributed by atoms with Gasteiger partial charge in [-0.3, -0.25) is 4.79 Å². The fourth-order valence-electron chi connectivity index (χ4n) is 3.12. The Bertz CT molecular complexity index is 598. The van der Waals surface area contributed by atoms with Gasteiger partial charge >= 0.3 is 0 Å². The summed E-state index contributed by atoms with van der Waals surface area (Å²) < 4.78 is 1.43. The maximum Gasteiger partial charge on any atom is 0.267 e.